The number of amides is 1. The lowest BCUT2D eigenvalue weighted by atomic mass is 9.82. The maximum absolute atomic E-state index is 13.9. The number of rotatable bonds is 7. The summed E-state index contributed by atoms with van der Waals surface area (Å²) >= 11 is 1.01. The number of carbonyl (C=O) groups excluding carboxylic acids is 1. The molecule has 2 aliphatic heterocycles. The van der Waals surface area contributed by atoms with Crippen molar-refractivity contribution in [2.24, 2.45) is 5.92 Å². The number of nitrogens with zero attached hydrogens (tertiary/aromatic N) is 4. The summed E-state index contributed by atoms with van der Waals surface area (Å²) in [6.07, 6.45) is 6.42. The maximum atomic E-state index is 13.9. The van der Waals surface area contributed by atoms with Crippen LogP contribution in [0.2, 0.25) is 0 Å². The molecule has 1 saturated carbocycles. The molecule has 0 bridgehead atoms. The van der Waals surface area contributed by atoms with Gasteiger partial charge in [0.05, 0.1) is 23.9 Å². The van der Waals surface area contributed by atoms with Crippen LogP contribution < -0.4 is 9.80 Å². The van der Waals surface area contributed by atoms with Crippen molar-refractivity contribution in [2.45, 2.75) is 62.0 Å². The number of aliphatic hydroxyl groups is 1. The molecule has 6 rings (SSSR count). The Morgan fingerprint density at radius 3 is 2.45 bits per heavy atom. The van der Waals surface area contributed by atoms with Crippen molar-refractivity contribution in [3.05, 3.63) is 59.4 Å². The average Bonchev–Trinajstić information content (AvgIpc) is 3.61. The number of aromatic carboxylic acids is 1. The van der Waals surface area contributed by atoms with Crippen molar-refractivity contribution < 1.29 is 32.6 Å². The normalized spacial score (nSPS) is 23.8. The number of piperazine rings is 1. The monoisotopic (exact) mass is 642 g/mol. The first-order valence-corrected chi connectivity index (χ1v) is 17.1. The first-order valence-electron chi connectivity index (χ1n) is 14.8. The van der Waals surface area contributed by atoms with Crippen LogP contribution >= 0.6 is 11.3 Å². The number of hydrogen-bond donors (Lipinski definition) is 2. The Hall–Kier alpha value is -3.39. The van der Waals surface area contributed by atoms with E-state index in [-0.39, 0.29) is 27.9 Å². The zero-order chi connectivity index (χ0) is 31.2. The minimum atomic E-state index is -4.10. The number of carboxylic acids is 1. The van der Waals surface area contributed by atoms with Crippen LogP contribution in [0.4, 0.5) is 15.9 Å². The minimum Gasteiger partial charge on any atom is -0.477 e. The molecular weight excluding hydrogens is 607 g/mol. The Balaban J connectivity index is 1.32. The molecule has 1 unspecified atom stereocenters. The minimum absolute atomic E-state index is 0.00928. The smallest absolute Gasteiger partial charge is 0.348 e. The number of carboxylic acid groups (broad SMARTS) is 1. The maximum Gasteiger partial charge on any atom is 0.348 e. The van der Waals surface area contributed by atoms with Crippen molar-refractivity contribution in [2.75, 3.05) is 36.0 Å². The van der Waals surface area contributed by atoms with Gasteiger partial charge in [-0.2, -0.15) is 4.31 Å². The first kappa shape index (κ1) is 30.6. The molecule has 2 aromatic heterocycles. The van der Waals surface area contributed by atoms with Crippen LogP contribution in [0.5, 0.6) is 0 Å². The number of thiophene rings is 1. The Kier molecular flexibility index (Phi) is 8.24. The fourth-order valence-corrected chi connectivity index (χ4v) is 8.96. The molecule has 2 atom stereocenters. The zero-order valence-electron chi connectivity index (χ0n) is 24.4. The van der Waals surface area contributed by atoms with Crippen LogP contribution in [-0.2, 0) is 14.8 Å². The molecule has 2 saturated heterocycles. The van der Waals surface area contributed by atoms with Crippen LogP contribution in [-0.4, -0.2) is 77.6 Å². The molecule has 1 aliphatic carbocycles. The number of halogens is 1. The van der Waals surface area contributed by atoms with Crippen LogP contribution in [0.25, 0.3) is 10.4 Å². The average molecular weight is 643 g/mol. The molecule has 0 spiro atoms. The van der Waals surface area contributed by atoms with Gasteiger partial charge in [0.2, 0.25) is 15.9 Å². The summed E-state index contributed by atoms with van der Waals surface area (Å²) in [6, 6.07) is 9.91. The molecule has 3 aliphatic rings. The Morgan fingerprint density at radius 1 is 1.11 bits per heavy atom. The first-order chi connectivity index (χ1) is 20.9. The second-order valence-corrected chi connectivity index (χ2v) is 15.2. The number of aromatic nitrogens is 1. The van der Waals surface area contributed by atoms with E-state index in [4.69, 9.17) is 0 Å². The molecule has 13 heteroatoms. The fourth-order valence-electron chi connectivity index (χ4n) is 6.61. The Labute approximate surface area is 259 Å². The lowest BCUT2D eigenvalue weighted by Crippen LogP contribution is -2.60. The highest BCUT2D eigenvalue weighted by atomic mass is 32.2. The van der Waals surface area contributed by atoms with Crippen molar-refractivity contribution in [1.82, 2.24) is 9.29 Å². The number of pyridine rings is 1. The van der Waals surface area contributed by atoms with E-state index in [1.54, 1.807) is 31.2 Å². The van der Waals surface area contributed by atoms with Gasteiger partial charge in [-0.1, -0.05) is 31.4 Å². The zero-order valence-corrected chi connectivity index (χ0v) is 26.0. The lowest BCUT2D eigenvalue weighted by molar-refractivity contribution is -0.121. The third kappa shape index (κ3) is 5.97. The van der Waals surface area contributed by atoms with E-state index in [0.717, 1.165) is 43.4 Å². The van der Waals surface area contributed by atoms with E-state index in [1.165, 1.54) is 33.6 Å². The van der Waals surface area contributed by atoms with Gasteiger partial charge in [0.15, 0.2) is 0 Å². The molecule has 234 valence electrons. The third-order valence-electron chi connectivity index (χ3n) is 8.93. The van der Waals surface area contributed by atoms with E-state index in [2.05, 4.69) is 4.98 Å². The molecule has 3 aromatic rings. The van der Waals surface area contributed by atoms with Gasteiger partial charge >= 0.3 is 5.97 Å². The molecule has 10 nitrogen and oxygen atoms in total. The predicted molar refractivity (Wildman–Crippen MR) is 165 cm³/mol. The van der Waals surface area contributed by atoms with Crippen LogP contribution in [0.3, 0.4) is 0 Å². The molecule has 4 heterocycles. The number of anilines is 2. The Morgan fingerprint density at radius 2 is 1.84 bits per heavy atom. The summed E-state index contributed by atoms with van der Waals surface area (Å²) in [7, 11) is -4.10. The van der Waals surface area contributed by atoms with E-state index >= 15 is 0 Å². The van der Waals surface area contributed by atoms with Crippen LogP contribution in [0.1, 0.15) is 55.1 Å². The van der Waals surface area contributed by atoms with Gasteiger partial charge in [-0.25, -0.2) is 22.6 Å². The molecule has 1 amide bonds. The van der Waals surface area contributed by atoms with Gasteiger partial charge < -0.3 is 20.0 Å². The SMILES string of the molecule is C[C@@]1(O)CCN(c2ccc(S(=O)(=O)N3CC(=O)N(c4cc(-c5ccc(F)cc5)sc4C(=O)O)C(C4CCCCC4)C3)cn2)C1. The van der Waals surface area contributed by atoms with E-state index < -0.39 is 45.9 Å². The molecule has 44 heavy (non-hydrogen) atoms. The lowest BCUT2D eigenvalue weighted by Gasteiger charge is -2.44. The fraction of sp³-hybridized carbons (Fsp3) is 0.452. The van der Waals surface area contributed by atoms with Gasteiger partial charge in [-0.05, 0) is 68.0 Å². The quantitative estimate of drug-likeness (QED) is 0.383. The van der Waals surface area contributed by atoms with E-state index in [1.807, 2.05) is 4.90 Å². The largest absolute Gasteiger partial charge is 0.477 e. The molecule has 3 fully saturated rings. The van der Waals surface area contributed by atoms with Crippen LogP contribution in [0.15, 0.2) is 53.6 Å². The second-order valence-electron chi connectivity index (χ2n) is 12.2. The number of carbonyl (C=O) groups is 2. The van der Waals surface area contributed by atoms with Crippen molar-refractivity contribution >= 4 is 44.7 Å². The Bertz CT molecular complexity index is 1650. The second kappa shape index (κ2) is 11.8. The van der Waals surface area contributed by atoms with Gasteiger partial charge in [0.1, 0.15) is 21.4 Å². The van der Waals surface area contributed by atoms with E-state index in [0.29, 0.717) is 35.8 Å². The summed E-state index contributed by atoms with van der Waals surface area (Å²) in [4.78, 5) is 34.6. The van der Waals surface area contributed by atoms with Gasteiger partial charge in [0, 0.05) is 30.7 Å². The van der Waals surface area contributed by atoms with Gasteiger partial charge in [0.25, 0.3) is 0 Å². The van der Waals surface area contributed by atoms with Crippen LogP contribution in [0, 0.1) is 11.7 Å². The van der Waals surface area contributed by atoms with Crippen molar-refractivity contribution in [3.63, 3.8) is 0 Å². The highest BCUT2D eigenvalue weighted by Gasteiger charge is 2.44. The highest BCUT2D eigenvalue weighted by Crippen LogP contribution is 2.42. The number of sulfonamides is 1. The molecular formula is C31H35FN4O6S2. The van der Waals surface area contributed by atoms with Gasteiger partial charge in [-0.15, -0.1) is 11.3 Å². The summed E-state index contributed by atoms with van der Waals surface area (Å²) in [5.41, 5.74) is 0.0389. The number of benzene rings is 1. The standard InChI is InChI=1S/C31H35FN4O6S2/c1-31(40)13-14-34(19-31)27-12-11-23(16-33-27)44(41,42)35-17-25(20-5-3-2-4-6-20)36(28(37)18-35)24-15-26(43-29(24)30(38)39)21-7-9-22(32)10-8-21/h7-12,15-16,20,25,40H,2-6,13-14,17-19H2,1H3,(H,38,39)/t25?,31-/m1/s1. The predicted octanol–water partition coefficient (Wildman–Crippen LogP) is 4.59. The summed E-state index contributed by atoms with van der Waals surface area (Å²) in [5.74, 6) is -1.54. The number of β-amino-alcohol motifs (C(OH)–C–C–N with tert-alkyl or cyclic N) is 1. The highest BCUT2D eigenvalue weighted by molar-refractivity contribution is 7.89. The molecule has 1 aromatic carbocycles. The summed E-state index contributed by atoms with van der Waals surface area (Å²) < 4.78 is 42.5. The topological polar surface area (TPSA) is 131 Å². The third-order valence-corrected chi connectivity index (χ3v) is 11.9. The van der Waals surface area contributed by atoms with Crippen molar-refractivity contribution in [1.29, 1.82) is 0 Å². The van der Waals surface area contributed by atoms with E-state index in [9.17, 15) is 32.6 Å². The molecule has 0 radical (unpaired) electrons. The summed E-state index contributed by atoms with van der Waals surface area (Å²) in [6.45, 7) is 2.34. The van der Waals surface area contributed by atoms with Gasteiger partial charge in [-0.3, -0.25) is 4.79 Å². The molecule has 2 N–H and O–H groups in total. The summed E-state index contributed by atoms with van der Waals surface area (Å²) in [5, 5.41) is 20.4. The van der Waals surface area contributed by atoms with Crippen molar-refractivity contribution in [3.8, 4) is 10.4 Å². The number of hydrogen-bond acceptors (Lipinski definition) is 8.